The average molecular weight is 1440 g/mol. The number of nitrogen functional groups attached to an aromatic ring is 4. The molecule has 102 heavy (non-hydrogen) atoms. The lowest BCUT2D eigenvalue weighted by Gasteiger charge is -2.31. The van der Waals surface area contributed by atoms with E-state index >= 15 is 0 Å². The van der Waals surface area contributed by atoms with Crippen molar-refractivity contribution in [1.29, 1.82) is 5.26 Å². The van der Waals surface area contributed by atoms with Crippen LogP contribution < -0.4 is 77.8 Å². The van der Waals surface area contributed by atoms with Gasteiger partial charge in [0.2, 0.25) is 23.1 Å². The summed E-state index contributed by atoms with van der Waals surface area (Å²) in [4.78, 5) is 93.0. The maximum absolute atomic E-state index is 11.4. The van der Waals surface area contributed by atoms with Gasteiger partial charge in [0.15, 0.2) is 0 Å². The van der Waals surface area contributed by atoms with Crippen molar-refractivity contribution in [3.8, 4) is 6.07 Å². The lowest BCUT2D eigenvalue weighted by molar-refractivity contribution is 0.0991. The van der Waals surface area contributed by atoms with Gasteiger partial charge in [-0.2, -0.15) is 20.2 Å². The van der Waals surface area contributed by atoms with Gasteiger partial charge < -0.3 is 77.8 Å². The molecule has 4 amide bonds. The molecule has 0 fully saturated rings. The fraction of sp³-hybridized carbons (Fsp3) is 0.586. The van der Waals surface area contributed by atoms with Gasteiger partial charge >= 0.3 is 0 Å². The zero-order chi connectivity index (χ0) is 79.0. The van der Waals surface area contributed by atoms with E-state index in [1.165, 1.54) is 31.0 Å². The van der Waals surface area contributed by atoms with E-state index in [0.29, 0.717) is 69.1 Å². The summed E-state index contributed by atoms with van der Waals surface area (Å²) in [6.07, 6.45) is 9.84. The van der Waals surface area contributed by atoms with Gasteiger partial charge in [0.25, 0.3) is 23.6 Å². The Morgan fingerprint density at radius 2 is 0.686 bits per heavy atom. The summed E-state index contributed by atoms with van der Waals surface area (Å²) in [5, 5.41) is 28.6. The highest BCUT2D eigenvalue weighted by Crippen LogP contribution is 2.31. The molecule has 0 saturated heterocycles. The van der Waals surface area contributed by atoms with Gasteiger partial charge in [0.1, 0.15) is 64.0 Å². The van der Waals surface area contributed by atoms with Gasteiger partial charge in [0, 0.05) is 67.1 Å². The molecule has 0 spiro atoms. The van der Waals surface area contributed by atoms with Gasteiger partial charge in [-0.15, -0.1) is 0 Å². The van der Waals surface area contributed by atoms with Gasteiger partial charge in [-0.1, -0.05) is 145 Å². The van der Waals surface area contributed by atoms with E-state index in [1.807, 2.05) is 13.8 Å². The van der Waals surface area contributed by atoms with Crippen molar-refractivity contribution in [2.24, 2.45) is 55.4 Å². The standard InChI is InChI=1S/C13H22N4O.C12H21N5O.C12H19N5.C12H20N4O.C11H19N5O.C10H17ClN4/c1-6-10(13(3,4)5)17-12-9(11(14)18)7-15-8(2)16-12;1-5-8(12(2,3)4)16-10-7(9(13)18)6-15-11(14)17-10;1-5-9(12(2,3)4)16-10-8(6-13)7-15-11(14)17-10;1-7(12(3,4)5)15-11-9(10(13)17)6-14-8(2)16-11;1-6(11(2,3)4)15-9-7(8(12)17)5-14-10(13)16-9;1-6(10(2,3)4)13-8-5-7(12)14-9(11)15-8/h7,10H,6H2,1-5H3,(H2,14,18)(H,15,16,17);6,8H,5H2,1-4H3,(H2,13,18)(H3,14,15,16,17);7,9H,5H2,1-4H3,(H3,14,15,16,17);6-7H,1-5H3,(H2,13,17)(H,14,15,16);5-6H,1-4H3,(H2,12,17)(H3,13,14,15,16);5-6H,1-4H3,(H3,12,13,14,15)/t10-;8-;9-;7-;6-;/m11111./s1. The lowest BCUT2D eigenvalue weighted by Crippen LogP contribution is -2.34. The van der Waals surface area contributed by atoms with Gasteiger partial charge in [-0.25, -0.2) is 44.9 Å². The van der Waals surface area contributed by atoms with Crippen molar-refractivity contribution in [1.82, 2.24) is 59.8 Å². The molecule has 6 aromatic rings. The van der Waals surface area contributed by atoms with Crippen LogP contribution in [0.5, 0.6) is 0 Å². The van der Waals surface area contributed by atoms with Crippen molar-refractivity contribution in [2.45, 2.75) is 236 Å². The molecule has 0 aliphatic heterocycles. The van der Waals surface area contributed by atoms with Crippen LogP contribution >= 0.6 is 11.6 Å². The number of nitrogens with zero attached hydrogens (tertiary/aromatic N) is 13. The Balaban J connectivity index is 0.000000613. The molecule has 0 aromatic carbocycles. The first-order chi connectivity index (χ1) is 46.6. The van der Waals surface area contributed by atoms with Crippen LogP contribution in [0.15, 0.2) is 37.1 Å². The average Bonchev–Trinajstić information content (AvgIpc) is 0.424. The number of primary amides is 4. The third-order valence-corrected chi connectivity index (χ3v) is 16.6. The maximum atomic E-state index is 11.4. The molecule has 0 saturated carbocycles. The van der Waals surface area contributed by atoms with E-state index < -0.39 is 23.6 Å². The largest absolute Gasteiger partial charge is 0.383 e. The third kappa shape index (κ3) is 31.4. The van der Waals surface area contributed by atoms with Gasteiger partial charge in [-0.3, -0.25) is 19.2 Å². The lowest BCUT2D eigenvalue weighted by atomic mass is 9.85. The molecule has 6 atom stereocenters. The number of amides is 4. The van der Waals surface area contributed by atoms with Crippen LogP contribution in [0.4, 0.5) is 58.6 Å². The first-order valence-electron chi connectivity index (χ1n) is 33.6. The number of hydrogen-bond donors (Lipinski definition) is 14. The Bertz CT molecular complexity index is 3560. The van der Waals surface area contributed by atoms with Crippen molar-refractivity contribution in [2.75, 3.05) is 54.8 Å². The first-order valence-corrected chi connectivity index (χ1v) is 34.0. The first kappa shape index (κ1) is 90.2. The van der Waals surface area contributed by atoms with E-state index in [-0.39, 0.29) is 103 Å². The summed E-state index contributed by atoms with van der Waals surface area (Å²) in [5.74, 6) is 2.82. The van der Waals surface area contributed by atoms with Crippen molar-refractivity contribution in [3.63, 3.8) is 0 Å². The van der Waals surface area contributed by atoms with Gasteiger partial charge in [-0.05, 0) is 98.0 Å². The molecule has 564 valence electrons. The summed E-state index contributed by atoms with van der Waals surface area (Å²) in [6, 6.07) is 4.87. The Morgan fingerprint density at radius 3 is 0.980 bits per heavy atom. The molecule has 0 aliphatic carbocycles. The second-order valence-electron chi connectivity index (χ2n) is 31.0. The fourth-order valence-corrected chi connectivity index (χ4v) is 8.75. The Hall–Kier alpha value is -9.86. The molecule has 31 nitrogen and oxygen atoms in total. The zero-order valence-electron chi connectivity index (χ0n) is 65.0. The van der Waals surface area contributed by atoms with E-state index in [4.69, 9.17) is 62.7 Å². The fourth-order valence-electron chi connectivity index (χ4n) is 8.56. The third-order valence-electron chi connectivity index (χ3n) is 16.4. The highest BCUT2D eigenvalue weighted by atomic mass is 35.5. The van der Waals surface area contributed by atoms with Crippen LogP contribution in [0.25, 0.3) is 0 Å². The number of nitrogens with one attached hydrogen (secondary N) is 6. The minimum absolute atomic E-state index is 0.0224. The molecule has 6 heterocycles. The highest BCUT2D eigenvalue weighted by molar-refractivity contribution is 6.28. The monoisotopic (exact) mass is 1440 g/mol. The predicted molar refractivity (Wildman–Crippen MR) is 412 cm³/mol. The molecule has 6 aromatic heterocycles. The maximum Gasteiger partial charge on any atom is 0.254 e. The Morgan fingerprint density at radius 1 is 0.412 bits per heavy atom. The van der Waals surface area contributed by atoms with E-state index in [9.17, 15) is 19.2 Å². The number of rotatable bonds is 19. The quantitative estimate of drug-likeness (QED) is 0.0335. The minimum Gasteiger partial charge on any atom is -0.383 e. The molecule has 0 bridgehead atoms. The summed E-state index contributed by atoms with van der Waals surface area (Å²) >= 11 is 5.71. The molecule has 22 N–H and O–H groups in total. The van der Waals surface area contributed by atoms with Crippen LogP contribution in [0.3, 0.4) is 0 Å². The summed E-state index contributed by atoms with van der Waals surface area (Å²) in [6.45, 7) is 54.2. The normalized spacial score (nSPS) is 13.2. The minimum atomic E-state index is -0.575. The number of nitrogens with two attached hydrogens (primary N) is 8. The van der Waals surface area contributed by atoms with Crippen molar-refractivity contribution in [3.05, 3.63) is 81.8 Å². The van der Waals surface area contributed by atoms with Crippen LogP contribution in [0, 0.1) is 57.7 Å². The summed E-state index contributed by atoms with van der Waals surface area (Å²) in [5.41, 5.74) is 45.3. The van der Waals surface area contributed by atoms with E-state index in [0.717, 1.165) is 19.3 Å². The zero-order valence-corrected chi connectivity index (χ0v) is 65.7. The van der Waals surface area contributed by atoms with Crippen LogP contribution in [-0.2, 0) is 0 Å². The molecular weight excluding hydrogens is 1320 g/mol. The smallest absolute Gasteiger partial charge is 0.254 e. The number of carbonyl (C=O) groups excluding carboxylic acids is 4. The molecule has 6 rings (SSSR count). The Labute approximate surface area is 609 Å². The predicted octanol–water partition coefficient (Wildman–Crippen LogP) is 11.0. The van der Waals surface area contributed by atoms with E-state index in [1.54, 1.807) is 19.9 Å². The molecular formula is C70H118ClN27O4. The number of aromatic nitrogens is 12. The van der Waals surface area contributed by atoms with Gasteiger partial charge in [0.05, 0.1) is 28.5 Å². The molecule has 32 heteroatoms. The van der Waals surface area contributed by atoms with Crippen LogP contribution in [-0.4, -0.2) is 120 Å². The topological polar surface area (TPSA) is 527 Å². The summed E-state index contributed by atoms with van der Waals surface area (Å²) < 4.78 is 0. The van der Waals surface area contributed by atoms with E-state index in [2.05, 4.69) is 250 Å². The Kier molecular flexibility index (Phi) is 34.3. The second-order valence-corrected chi connectivity index (χ2v) is 31.3. The van der Waals surface area contributed by atoms with Crippen molar-refractivity contribution < 1.29 is 19.2 Å². The number of carbonyl (C=O) groups is 4. The second kappa shape index (κ2) is 38.8. The van der Waals surface area contributed by atoms with Crippen LogP contribution in [0.1, 0.15) is 244 Å². The molecule has 0 aliphatic rings. The summed E-state index contributed by atoms with van der Waals surface area (Å²) in [7, 11) is 0. The molecule has 1 unspecified atom stereocenters. The van der Waals surface area contributed by atoms with Crippen molar-refractivity contribution >= 4 is 93.8 Å². The number of aryl methyl sites for hydroxylation is 2. The number of hydrogen-bond acceptors (Lipinski definition) is 27. The SMILES string of the molecule is CC(Nc1cc(N)nc(Cl)n1)C(C)(C)C.CC[C@@H](Nc1nc(C)ncc1C(N)=O)C(C)(C)C.CC[C@@H](Nc1nc(N)ncc1C#N)C(C)(C)C.CC[C@@H](Nc1nc(N)ncc1C(N)=O)C(C)(C)C.C[C@@H](Nc1nc(N)ncc1C(N)=O)C(C)(C)C.Cc1ncc(C(N)=O)c(N[C@H](C)C(C)(C)C)n1. The highest BCUT2D eigenvalue weighted by Gasteiger charge is 2.29. The number of halogens is 1. The molecule has 0 radical (unpaired) electrons. The number of anilines is 10. The number of nitriles is 1. The van der Waals surface area contributed by atoms with Crippen LogP contribution in [0.2, 0.25) is 5.28 Å².